The highest BCUT2D eigenvalue weighted by molar-refractivity contribution is 5.99. The second kappa shape index (κ2) is 11.5. The van der Waals surface area contributed by atoms with Gasteiger partial charge in [0.15, 0.2) is 0 Å². The van der Waals surface area contributed by atoms with Crippen LogP contribution in [-0.2, 0) is 14.3 Å². The SMILES string of the molecule is CCC(=O)Nc1ccc2c(c1)C(=O)N(C)[C@H]1CC[C@@H](CC(=O)NCCCN(C)C)O[C@@H]1CO2. The molecule has 0 radical (unpaired) electrons. The zero-order valence-electron chi connectivity index (χ0n) is 20.1. The number of likely N-dealkylation sites (N-methyl/N-ethyl adjacent to an activating group) is 1. The van der Waals surface area contributed by atoms with E-state index in [4.69, 9.17) is 9.47 Å². The summed E-state index contributed by atoms with van der Waals surface area (Å²) in [6.45, 7) is 3.64. The van der Waals surface area contributed by atoms with Crippen LogP contribution in [0.4, 0.5) is 5.69 Å². The van der Waals surface area contributed by atoms with Gasteiger partial charge in [0, 0.05) is 25.7 Å². The summed E-state index contributed by atoms with van der Waals surface area (Å²) >= 11 is 0. The minimum absolute atomic E-state index is 0.0135. The van der Waals surface area contributed by atoms with E-state index in [2.05, 4.69) is 15.5 Å². The first-order valence-corrected chi connectivity index (χ1v) is 11.7. The molecule has 0 bridgehead atoms. The maximum atomic E-state index is 13.2. The number of rotatable bonds is 8. The van der Waals surface area contributed by atoms with Gasteiger partial charge in [-0.1, -0.05) is 6.92 Å². The molecule has 3 amide bonds. The highest BCUT2D eigenvalue weighted by atomic mass is 16.5. The number of amides is 3. The molecule has 182 valence electrons. The number of anilines is 1. The molecule has 1 saturated heterocycles. The van der Waals surface area contributed by atoms with Crippen LogP contribution in [0.25, 0.3) is 0 Å². The number of benzene rings is 1. The second-order valence-corrected chi connectivity index (χ2v) is 8.99. The second-order valence-electron chi connectivity index (χ2n) is 8.99. The van der Waals surface area contributed by atoms with Crippen molar-refractivity contribution in [3.63, 3.8) is 0 Å². The van der Waals surface area contributed by atoms with Gasteiger partial charge in [0.05, 0.1) is 24.1 Å². The van der Waals surface area contributed by atoms with Gasteiger partial charge in [-0.15, -0.1) is 0 Å². The van der Waals surface area contributed by atoms with E-state index >= 15 is 0 Å². The molecule has 33 heavy (non-hydrogen) atoms. The molecule has 1 fully saturated rings. The molecular formula is C24H36N4O5. The van der Waals surface area contributed by atoms with E-state index in [1.165, 1.54) is 0 Å². The third-order valence-corrected chi connectivity index (χ3v) is 6.13. The lowest BCUT2D eigenvalue weighted by Gasteiger charge is -2.42. The predicted molar refractivity (Wildman–Crippen MR) is 125 cm³/mol. The smallest absolute Gasteiger partial charge is 0.257 e. The Hall–Kier alpha value is -2.65. The first kappa shape index (κ1) is 25.0. The van der Waals surface area contributed by atoms with Crippen molar-refractivity contribution < 1.29 is 23.9 Å². The Morgan fingerprint density at radius 2 is 2.00 bits per heavy atom. The molecule has 2 heterocycles. The standard InChI is InChI=1S/C24H36N4O5/c1-5-22(29)26-16-7-10-20-18(13-16)24(31)28(4)19-9-8-17(33-21(19)15-32-20)14-23(30)25-11-6-12-27(2)3/h7,10,13,17,19,21H,5-6,8-9,11-12,14-15H2,1-4H3,(H,25,30)(H,26,29)/t17-,19-,21+/m0/s1. The average molecular weight is 461 g/mol. The molecule has 0 unspecified atom stereocenters. The van der Waals surface area contributed by atoms with Crippen LogP contribution in [-0.4, -0.2) is 86.6 Å². The third kappa shape index (κ3) is 6.68. The van der Waals surface area contributed by atoms with E-state index in [1.54, 1.807) is 37.1 Å². The van der Waals surface area contributed by atoms with Gasteiger partial charge in [0.25, 0.3) is 5.91 Å². The number of carbonyl (C=O) groups is 3. The number of nitrogens with zero attached hydrogens (tertiary/aromatic N) is 2. The fourth-order valence-corrected chi connectivity index (χ4v) is 4.26. The summed E-state index contributed by atoms with van der Waals surface area (Å²) in [5.41, 5.74) is 0.990. The predicted octanol–water partition coefficient (Wildman–Crippen LogP) is 1.87. The number of hydrogen-bond donors (Lipinski definition) is 2. The Morgan fingerprint density at radius 3 is 2.73 bits per heavy atom. The highest BCUT2D eigenvalue weighted by Crippen LogP contribution is 2.32. The number of hydrogen-bond acceptors (Lipinski definition) is 6. The third-order valence-electron chi connectivity index (χ3n) is 6.13. The topological polar surface area (TPSA) is 100 Å². The Morgan fingerprint density at radius 1 is 1.21 bits per heavy atom. The molecule has 2 aliphatic rings. The minimum atomic E-state index is -0.313. The van der Waals surface area contributed by atoms with Crippen molar-refractivity contribution in [2.45, 2.75) is 57.3 Å². The Kier molecular flexibility index (Phi) is 8.68. The zero-order chi connectivity index (χ0) is 24.0. The first-order valence-electron chi connectivity index (χ1n) is 11.7. The molecule has 9 nitrogen and oxygen atoms in total. The van der Waals surface area contributed by atoms with Gasteiger partial charge in [-0.2, -0.15) is 0 Å². The monoisotopic (exact) mass is 460 g/mol. The molecule has 2 aliphatic heterocycles. The lowest BCUT2D eigenvalue weighted by atomic mass is 9.94. The fourth-order valence-electron chi connectivity index (χ4n) is 4.26. The molecule has 0 spiro atoms. The van der Waals surface area contributed by atoms with Gasteiger partial charge in [-0.05, 0) is 58.1 Å². The summed E-state index contributed by atoms with van der Waals surface area (Å²) in [5.74, 6) is 0.161. The zero-order valence-corrected chi connectivity index (χ0v) is 20.1. The maximum absolute atomic E-state index is 13.2. The molecule has 9 heteroatoms. The lowest BCUT2D eigenvalue weighted by molar-refractivity contribution is -0.134. The van der Waals surface area contributed by atoms with E-state index in [1.807, 2.05) is 14.1 Å². The number of fused-ring (bicyclic) bond motifs is 2. The van der Waals surface area contributed by atoms with Crippen molar-refractivity contribution in [3.05, 3.63) is 23.8 Å². The van der Waals surface area contributed by atoms with Crippen molar-refractivity contribution in [1.29, 1.82) is 0 Å². The Labute approximate surface area is 195 Å². The molecular weight excluding hydrogens is 424 g/mol. The van der Waals surface area contributed by atoms with Crippen LogP contribution in [0.2, 0.25) is 0 Å². The van der Waals surface area contributed by atoms with Gasteiger partial charge < -0.3 is 29.9 Å². The normalized spacial score (nSPS) is 22.5. The number of carbonyl (C=O) groups excluding carboxylic acids is 3. The molecule has 1 aromatic carbocycles. The lowest BCUT2D eigenvalue weighted by Crippen LogP contribution is -2.54. The van der Waals surface area contributed by atoms with E-state index in [0.717, 1.165) is 19.4 Å². The number of nitrogens with one attached hydrogen (secondary N) is 2. The summed E-state index contributed by atoms with van der Waals surface area (Å²) in [4.78, 5) is 41.1. The van der Waals surface area contributed by atoms with Gasteiger partial charge >= 0.3 is 0 Å². The Balaban J connectivity index is 1.62. The fraction of sp³-hybridized carbons (Fsp3) is 0.625. The summed E-state index contributed by atoms with van der Waals surface area (Å²) in [7, 11) is 5.79. The van der Waals surface area contributed by atoms with Crippen LogP contribution in [0.3, 0.4) is 0 Å². The van der Waals surface area contributed by atoms with Gasteiger partial charge in [-0.3, -0.25) is 14.4 Å². The van der Waals surface area contributed by atoms with Crippen molar-refractivity contribution in [1.82, 2.24) is 15.1 Å². The van der Waals surface area contributed by atoms with E-state index < -0.39 is 0 Å². The molecule has 0 aromatic heterocycles. The number of ether oxygens (including phenoxy) is 2. The molecule has 3 atom stereocenters. The van der Waals surface area contributed by atoms with Crippen molar-refractivity contribution in [2.75, 3.05) is 46.2 Å². The van der Waals surface area contributed by atoms with E-state index in [0.29, 0.717) is 42.8 Å². The molecule has 1 aromatic rings. The van der Waals surface area contributed by atoms with Crippen molar-refractivity contribution in [2.24, 2.45) is 0 Å². The van der Waals surface area contributed by atoms with Gasteiger partial charge in [-0.25, -0.2) is 0 Å². The molecule has 2 N–H and O–H groups in total. The maximum Gasteiger partial charge on any atom is 0.257 e. The van der Waals surface area contributed by atoms with Crippen LogP contribution < -0.4 is 15.4 Å². The highest BCUT2D eigenvalue weighted by Gasteiger charge is 2.39. The summed E-state index contributed by atoms with van der Waals surface area (Å²) in [6.07, 6.45) is 2.49. The molecule has 3 rings (SSSR count). The summed E-state index contributed by atoms with van der Waals surface area (Å²) < 4.78 is 12.2. The average Bonchev–Trinajstić information content (AvgIpc) is 2.79. The quantitative estimate of drug-likeness (QED) is 0.575. The molecule has 0 aliphatic carbocycles. The van der Waals surface area contributed by atoms with Crippen LogP contribution in [0.1, 0.15) is 49.4 Å². The van der Waals surface area contributed by atoms with E-state index in [9.17, 15) is 14.4 Å². The van der Waals surface area contributed by atoms with Gasteiger partial charge in [0.2, 0.25) is 11.8 Å². The van der Waals surface area contributed by atoms with Crippen molar-refractivity contribution >= 4 is 23.4 Å². The van der Waals surface area contributed by atoms with Crippen LogP contribution >= 0.6 is 0 Å². The molecule has 0 saturated carbocycles. The minimum Gasteiger partial charge on any atom is -0.490 e. The summed E-state index contributed by atoms with van der Waals surface area (Å²) in [6, 6.07) is 4.95. The Bertz CT molecular complexity index is 859. The van der Waals surface area contributed by atoms with E-state index in [-0.39, 0.29) is 42.6 Å². The van der Waals surface area contributed by atoms with Crippen LogP contribution in [0.5, 0.6) is 5.75 Å². The van der Waals surface area contributed by atoms with Crippen LogP contribution in [0.15, 0.2) is 18.2 Å². The van der Waals surface area contributed by atoms with Gasteiger partial charge in [0.1, 0.15) is 18.5 Å². The first-order chi connectivity index (χ1) is 15.8. The summed E-state index contributed by atoms with van der Waals surface area (Å²) in [5, 5.41) is 5.75. The van der Waals surface area contributed by atoms with Crippen LogP contribution in [0, 0.1) is 0 Å². The van der Waals surface area contributed by atoms with Crippen molar-refractivity contribution in [3.8, 4) is 5.75 Å². The largest absolute Gasteiger partial charge is 0.490 e.